The lowest BCUT2D eigenvalue weighted by molar-refractivity contribution is -0.178. The van der Waals surface area contributed by atoms with Crippen molar-refractivity contribution >= 4 is 29.6 Å². The number of aliphatic hydroxyl groups is 3. The van der Waals surface area contributed by atoms with Gasteiger partial charge in [-0.25, -0.2) is 9.69 Å². The number of morpholine rings is 1. The molecule has 3 heterocycles. The van der Waals surface area contributed by atoms with Crippen LogP contribution in [0.25, 0.3) is 0 Å². The maximum absolute atomic E-state index is 16.5. The van der Waals surface area contributed by atoms with Crippen LogP contribution in [0.5, 0.6) is 5.75 Å². The highest BCUT2D eigenvalue weighted by atomic mass is 16.6. The Morgan fingerprint density at radius 3 is 2.16 bits per heavy atom. The second kappa shape index (κ2) is 21.0. The van der Waals surface area contributed by atoms with E-state index in [1.165, 1.54) is 7.11 Å². The molecule has 7 atom stereocenters. The van der Waals surface area contributed by atoms with Gasteiger partial charge in [-0.3, -0.25) is 19.3 Å². The summed E-state index contributed by atoms with van der Waals surface area (Å²) < 4.78 is 23.5. The highest BCUT2D eigenvalue weighted by Gasteiger charge is 2.76. The van der Waals surface area contributed by atoms with E-state index < -0.39 is 71.1 Å². The second-order valence-corrected chi connectivity index (χ2v) is 18.3. The molecule has 362 valence electrons. The zero-order valence-electron chi connectivity index (χ0n) is 38.9. The Hall–Kier alpha value is -6.86. The van der Waals surface area contributed by atoms with Gasteiger partial charge in [-0.2, -0.15) is 0 Å². The number of hydrogen-bond acceptors (Lipinski definition) is 12. The number of carbonyl (C=O) groups excluding carboxylic acids is 4. The topological polar surface area (TPSA) is 184 Å². The highest BCUT2D eigenvalue weighted by Crippen LogP contribution is 2.66. The van der Waals surface area contributed by atoms with Crippen molar-refractivity contribution in [1.29, 1.82) is 0 Å². The number of anilines is 1. The molecule has 1 spiro atoms. The van der Waals surface area contributed by atoms with Crippen molar-refractivity contribution < 1.29 is 53.4 Å². The minimum Gasteiger partial charge on any atom is -0.491 e. The van der Waals surface area contributed by atoms with Crippen LogP contribution in [0, 0.1) is 17.8 Å². The summed E-state index contributed by atoms with van der Waals surface area (Å²) in [5, 5.41) is 35.9. The van der Waals surface area contributed by atoms with E-state index in [1.54, 1.807) is 72.8 Å². The predicted molar refractivity (Wildman–Crippen MR) is 258 cm³/mol. The average molecular weight is 948 g/mol. The van der Waals surface area contributed by atoms with E-state index in [0.717, 1.165) is 30.6 Å². The molecule has 1 saturated carbocycles. The van der Waals surface area contributed by atoms with E-state index in [2.05, 4.69) is 17.2 Å². The van der Waals surface area contributed by atoms with E-state index >= 15 is 14.4 Å². The summed E-state index contributed by atoms with van der Waals surface area (Å²) in [4.78, 5) is 65.1. The van der Waals surface area contributed by atoms with E-state index in [9.17, 15) is 20.1 Å². The predicted octanol–water partition coefficient (Wildman–Crippen LogP) is 6.79. The number of carbonyl (C=O) groups is 4. The quantitative estimate of drug-likeness (QED) is 0.0420. The Morgan fingerprint density at radius 1 is 0.800 bits per heavy atom. The smallest absolute Gasteiger partial charge is 0.421 e. The monoisotopic (exact) mass is 947 g/mol. The molecule has 14 nitrogen and oxygen atoms in total. The Morgan fingerprint density at radius 2 is 1.47 bits per heavy atom. The van der Waals surface area contributed by atoms with Crippen LogP contribution >= 0.6 is 0 Å². The van der Waals surface area contributed by atoms with Crippen LogP contribution in [0.2, 0.25) is 0 Å². The van der Waals surface area contributed by atoms with E-state index in [1.807, 2.05) is 65.6 Å². The lowest BCUT2D eigenvalue weighted by Gasteiger charge is -2.46. The molecule has 4 N–H and O–H groups in total. The molecule has 70 heavy (non-hydrogen) atoms. The summed E-state index contributed by atoms with van der Waals surface area (Å²) in [6, 6.07) is 35.7. The standard InChI is InChI=1S/C56H57N3O11/c1-67-32-33-69-54(65)58-44-25-24-37(26-29-55(66)27-13-2-3-14-28-55)34-43(44)56(53(58)64)46(51(62)57-36-45(61)38-16-7-4-8-17-38)48-52(63)70-49(40-20-11-6-12-21-40)47(39-18-9-5-10-19-39)59(48)50(56)41-22-15-23-42(35-41)68-31-30-60/h4-12,15-25,34-35,45-50,60-61,66H,2-3,13-14,27-28,30-33,36H2,1H3,(H,57,62)/t45-,46-,47-,48-,49+,50+,56-/m0/s1. The minimum atomic E-state index is -2.15. The van der Waals surface area contributed by atoms with Crippen molar-refractivity contribution in [2.75, 3.05) is 45.0 Å². The molecule has 9 rings (SSSR count). The van der Waals surface area contributed by atoms with Crippen molar-refractivity contribution in [3.8, 4) is 17.6 Å². The number of ether oxygens (including phenoxy) is 4. The van der Waals surface area contributed by atoms with Crippen molar-refractivity contribution in [2.45, 2.75) is 79.9 Å². The Kier molecular flexibility index (Phi) is 14.5. The number of aliphatic hydroxyl groups excluding tert-OH is 2. The molecule has 14 heteroatoms. The molecule has 3 aliphatic heterocycles. The first-order chi connectivity index (χ1) is 34.1. The largest absolute Gasteiger partial charge is 0.491 e. The van der Waals surface area contributed by atoms with Gasteiger partial charge in [-0.15, -0.1) is 0 Å². The maximum Gasteiger partial charge on any atom is 0.421 e. The number of fused-ring (bicyclic) bond motifs is 3. The number of benzene rings is 5. The number of hydrogen-bond donors (Lipinski definition) is 4. The number of esters is 1. The third kappa shape index (κ3) is 9.19. The summed E-state index contributed by atoms with van der Waals surface area (Å²) in [5.41, 5.74) is -0.354. The molecule has 3 fully saturated rings. The summed E-state index contributed by atoms with van der Waals surface area (Å²) in [5.74, 6) is 2.63. The van der Waals surface area contributed by atoms with Gasteiger partial charge in [0.1, 0.15) is 42.1 Å². The normalized spacial score (nSPS) is 24.1. The second-order valence-electron chi connectivity index (χ2n) is 18.3. The molecule has 0 radical (unpaired) electrons. The first-order valence-corrected chi connectivity index (χ1v) is 23.9. The number of amides is 3. The molecule has 0 aromatic heterocycles. The van der Waals surface area contributed by atoms with Crippen molar-refractivity contribution in [2.24, 2.45) is 5.92 Å². The van der Waals surface area contributed by atoms with Crippen LogP contribution < -0.4 is 15.0 Å². The first kappa shape index (κ1) is 48.2. The molecular formula is C56H57N3O11. The zero-order chi connectivity index (χ0) is 48.8. The van der Waals surface area contributed by atoms with Gasteiger partial charge in [0.05, 0.1) is 43.0 Å². The minimum absolute atomic E-state index is 0.0303. The number of methoxy groups -OCH3 is 1. The van der Waals surface area contributed by atoms with Crippen LogP contribution in [0.15, 0.2) is 133 Å². The molecule has 2 saturated heterocycles. The molecule has 0 unspecified atom stereocenters. The van der Waals surface area contributed by atoms with Gasteiger partial charge in [0, 0.05) is 19.2 Å². The Labute approximate surface area is 407 Å². The Balaban J connectivity index is 1.33. The molecule has 3 amide bonds. The number of cyclic esters (lactones) is 1. The average Bonchev–Trinajstić information content (AvgIpc) is 3.73. The van der Waals surface area contributed by atoms with Crippen LogP contribution in [0.4, 0.5) is 10.5 Å². The number of imide groups is 1. The Bertz CT molecular complexity index is 2740. The van der Waals surface area contributed by atoms with E-state index in [4.69, 9.17) is 18.9 Å². The van der Waals surface area contributed by atoms with Gasteiger partial charge in [-0.1, -0.05) is 128 Å². The van der Waals surface area contributed by atoms with Crippen molar-refractivity contribution in [3.05, 3.63) is 167 Å². The van der Waals surface area contributed by atoms with E-state index in [0.29, 0.717) is 46.4 Å². The first-order valence-electron chi connectivity index (χ1n) is 23.9. The molecule has 5 aromatic carbocycles. The molecule has 4 aliphatic rings. The van der Waals surface area contributed by atoms with Gasteiger partial charge < -0.3 is 39.6 Å². The summed E-state index contributed by atoms with van der Waals surface area (Å²) in [6.45, 7) is -0.798. The zero-order valence-corrected chi connectivity index (χ0v) is 38.9. The van der Waals surface area contributed by atoms with Gasteiger partial charge in [0.25, 0.3) is 0 Å². The van der Waals surface area contributed by atoms with Crippen molar-refractivity contribution in [3.63, 3.8) is 0 Å². The van der Waals surface area contributed by atoms with Gasteiger partial charge in [-0.05, 0) is 83.8 Å². The fourth-order valence-electron chi connectivity index (χ4n) is 10.9. The highest BCUT2D eigenvalue weighted by molar-refractivity contribution is 6.23. The summed E-state index contributed by atoms with van der Waals surface area (Å²) in [6.07, 6.45) is 1.40. The third-order valence-corrected chi connectivity index (χ3v) is 14.0. The SMILES string of the molecule is COCCOC(=O)N1C(=O)[C@@]2(c3cc(C#CC4(O)CCCCCC4)ccc31)[C@H](C(=O)NC[C@H](O)c1ccccc1)[C@H]1C(=O)O[C@H](c3ccccc3)[C@H](c3ccccc3)N1[C@@H]2c1cccc(OCCO)c1. The number of nitrogens with one attached hydrogen (secondary N) is 1. The fraction of sp³-hybridized carbons (Fsp3) is 0.357. The van der Waals surface area contributed by atoms with Crippen LogP contribution in [0.3, 0.4) is 0 Å². The van der Waals surface area contributed by atoms with Crippen LogP contribution in [-0.2, 0) is 34.0 Å². The molecular weight excluding hydrogens is 891 g/mol. The summed E-state index contributed by atoms with van der Waals surface area (Å²) in [7, 11) is 1.45. The van der Waals surface area contributed by atoms with Gasteiger partial charge in [0.2, 0.25) is 11.8 Å². The van der Waals surface area contributed by atoms with E-state index in [-0.39, 0.29) is 44.2 Å². The number of nitrogens with zero attached hydrogens (tertiary/aromatic N) is 2. The van der Waals surface area contributed by atoms with Crippen LogP contribution in [0.1, 0.15) is 96.2 Å². The van der Waals surface area contributed by atoms with Gasteiger partial charge >= 0.3 is 12.1 Å². The molecule has 0 bridgehead atoms. The maximum atomic E-state index is 16.5. The fourth-order valence-corrected chi connectivity index (χ4v) is 10.9. The third-order valence-electron chi connectivity index (χ3n) is 14.0. The van der Waals surface area contributed by atoms with Crippen molar-refractivity contribution in [1.82, 2.24) is 10.2 Å². The van der Waals surface area contributed by atoms with Gasteiger partial charge in [0.15, 0.2) is 0 Å². The molecule has 5 aromatic rings. The number of rotatable bonds is 13. The van der Waals surface area contributed by atoms with Crippen LogP contribution in [-0.4, -0.2) is 95.8 Å². The summed E-state index contributed by atoms with van der Waals surface area (Å²) >= 11 is 0. The molecule has 1 aliphatic carbocycles. The lowest BCUT2D eigenvalue weighted by atomic mass is 9.65. The lowest BCUT2D eigenvalue weighted by Crippen LogP contribution is -2.56.